The van der Waals surface area contributed by atoms with Crippen LogP contribution in [0.4, 0.5) is 4.39 Å². The van der Waals surface area contributed by atoms with Gasteiger partial charge in [-0.3, -0.25) is 9.69 Å². The second kappa shape index (κ2) is 10.5. The number of methoxy groups -OCH3 is 1. The Hall–Kier alpha value is -3.85. The lowest BCUT2D eigenvalue weighted by molar-refractivity contribution is 0.221. The molecule has 0 bridgehead atoms. The number of rotatable bonds is 6. The Balaban J connectivity index is 1.41. The first-order chi connectivity index (χ1) is 18.6. The van der Waals surface area contributed by atoms with Crippen molar-refractivity contribution in [2.75, 3.05) is 20.2 Å². The first-order valence-electron chi connectivity index (χ1n) is 13.3. The molecule has 2 aromatic carbocycles. The summed E-state index contributed by atoms with van der Waals surface area (Å²) in [5.41, 5.74) is 3.37. The molecule has 1 saturated carbocycles. The van der Waals surface area contributed by atoms with E-state index in [9.17, 15) is 9.18 Å². The van der Waals surface area contributed by atoms with E-state index in [0.717, 1.165) is 48.6 Å². The van der Waals surface area contributed by atoms with Gasteiger partial charge in [-0.15, -0.1) is 5.10 Å². The van der Waals surface area contributed by atoms with Gasteiger partial charge in [-0.1, -0.05) is 37.5 Å². The minimum Gasteiger partial charge on any atom is -0.497 e. The molecule has 38 heavy (non-hydrogen) atoms. The van der Waals surface area contributed by atoms with E-state index in [-0.39, 0.29) is 17.4 Å². The van der Waals surface area contributed by atoms with Gasteiger partial charge in [0, 0.05) is 24.7 Å². The fourth-order valence-corrected chi connectivity index (χ4v) is 5.84. The third-order valence-corrected chi connectivity index (χ3v) is 7.88. The summed E-state index contributed by atoms with van der Waals surface area (Å²) < 4.78 is 20.8. The van der Waals surface area contributed by atoms with Gasteiger partial charge in [0.05, 0.1) is 18.7 Å². The number of halogens is 1. The normalized spacial score (nSPS) is 17.9. The molecule has 196 valence electrons. The smallest absolute Gasteiger partial charge is 0.253 e. The van der Waals surface area contributed by atoms with Gasteiger partial charge in [-0.2, -0.15) is 0 Å². The number of nitrogens with one attached hydrogen (secondary N) is 1. The highest BCUT2D eigenvalue weighted by Gasteiger charge is 2.33. The molecule has 1 aliphatic heterocycles. The number of hydrogen-bond acceptors (Lipinski definition) is 6. The molecule has 0 unspecified atom stereocenters. The highest BCUT2D eigenvalue weighted by atomic mass is 19.1. The summed E-state index contributed by atoms with van der Waals surface area (Å²) in [7, 11) is 1.61. The molecule has 8 nitrogen and oxygen atoms in total. The van der Waals surface area contributed by atoms with Crippen LogP contribution in [0.1, 0.15) is 67.6 Å². The molecule has 1 N–H and O–H groups in total. The van der Waals surface area contributed by atoms with Crippen LogP contribution < -0.4 is 10.3 Å². The summed E-state index contributed by atoms with van der Waals surface area (Å²) in [4.78, 5) is 18.9. The second-order valence-electron chi connectivity index (χ2n) is 10.2. The number of fused-ring (bicyclic) bond motifs is 1. The third kappa shape index (κ3) is 4.74. The highest BCUT2D eigenvalue weighted by Crippen LogP contribution is 2.35. The van der Waals surface area contributed by atoms with E-state index >= 15 is 0 Å². The zero-order chi connectivity index (χ0) is 26.1. The predicted molar refractivity (Wildman–Crippen MR) is 143 cm³/mol. The van der Waals surface area contributed by atoms with Crippen LogP contribution in [0.5, 0.6) is 5.75 Å². The van der Waals surface area contributed by atoms with Gasteiger partial charge in [-0.05, 0) is 76.5 Å². The summed E-state index contributed by atoms with van der Waals surface area (Å²) in [5, 5.41) is 13.9. The van der Waals surface area contributed by atoms with Gasteiger partial charge in [-0.25, -0.2) is 9.07 Å². The molecule has 4 aromatic rings. The summed E-state index contributed by atoms with van der Waals surface area (Å²) in [6, 6.07) is 14.1. The minimum atomic E-state index is -0.409. The molecule has 3 heterocycles. The van der Waals surface area contributed by atoms with Crippen molar-refractivity contribution in [2.45, 2.75) is 50.6 Å². The molecule has 2 aliphatic rings. The van der Waals surface area contributed by atoms with Crippen LogP contribution in [0, 0.1) is 5.82 Å². The van der Waals surface area contributed by atoms with Gasteiger partial charge in [0.2, 0.25) is 0 Å². The van der Waals surface area contributed by atoms with E-state index in [2.05, 4.69) is 31.5 Å². The molecule has 0 radical (unpaired) electrons. The molecule has 1 aliphatic carbocycles. The number of aromatic nitrogens is 5. The van der Waals surface area contributed by atoms with Gasteiger partial charge in [0.1, 0.15) is 17.6 Å². The Morgan fingerprint density at radius 2 is 1.89 bits per heavy atom. The number of pyridine rings is 1. The highest BCUT2D eigenvalue weighted by molar-refractivity contribution is 5.80. The molecule has 0 saturated heterocycles. The number of tetrazole rings is 1. The maximum absolute atomic E-state index is 13.6. The van der Waals surface area contributed by atoms with E-state index < -0.39 is 6.04 Å². The summed E-state index contributed by atoms with van der Waals surface area (Å²) in [5.74, 6) is 1.15. The molecular weight excluding hydrogens is 483 g/mol. The summed E-state index contributed by atoms with van der Waals surface area (Å²) >= 11 is 0. The molecule has 0 amide bonds. The van der Waals surface area contributed by atoms with Gasteiger partial charge >= 0.3 is 0 Å². The number of benzene rings is 2. The summed E-state index contributed by atoms with van der Waals surface area (Å²) in [6.07, 6.45) is 8.55. The number of H-pyrrole nitrogens is 1. The van der Waals surface area contributed by atoms with Crippen molar-refractivity contribution in [3.63, 3.8) is 0 Å². The largest absolute Gasteiger partial charge is 0.497 e. The van der Waals surface area contributed by atoms with E-state index in [1.165, 1.54) is 24.1 Å². The minimum absolute atomic E-state index is 0.165. The van der Waals surface area contributed by atoms with Crippen LogP contribution in [0.15, 0.2) is 59.4 Å². The lowest BCUT2D eigenvalue weighted by Gasteiger charge is -2.34. The number of hydrogen-bond donors (Lipinski definition) is 1. The van der Waals surface area contributed by atoms with Crippen LogP contribution in [0.25, 0.3) is 16.5 Å². The Morgan fingerprint density at radius 3 is 2.63 bits per heavy atom. The van der Waals surface area contributed by atoms with Crippen molar-refractivity contribution < 1.29 is 9.13 Å². The monoisotopic (exact) mass is 514 g/mol. The standard InChI is InChI=1S/C29H31FN6O2/c1-38-24-12-9-21-17-25(29(37)31-26(21)18-24)27(28-32-33-34-36(28)23-5-3-2-4-6-23)35-15-13-20(14-16-35)19-7-10-22(30)11-8-19/h7-13,17-18,23,27H,2-6,14-16H2,1H3,(H,31,37)/t27-/m1/s1. The maximum atomic E-state index is 13.6. The number of aromatic amines is 1. The molecule has 1 fully saturated rings. The van der Waals surface area contributed by atoms with Gasteiger partial charge in [0.25, 0.3) is 5.56 Å². The van der Waals surface area contributed by atoms with E-state index in [0.29, 0.717) is 30.2 Å². The molecule has 6 rings (SSSR count). The van der Waals surface area contributed by atoms with Crippen molar-refractivity contribution in [3.8, 4) is 5.75 Å². The fourth-order valence-electron chi connectivity index (χ4n) is 5.84. The van der Waals surface area contributed by atoms with E-state index in [1.807, 2.05) is 41.1 Å². The third-order valence-electron chi connectivity index (χ3n) is 7.88. The van der Waals surface area contributed by atoms with Gasteiger partial charge in [0.15, 0.2) is 5.82 Å². The van der Waals surface area contributed by atoms with Crippen LogP contribution in [-0.2, 0) is 0 Å². The zero-order valence-corrected chi connectivity index (χ0v) is 21.4. The number of ether oxygens (including phenoxy) is 1. The van der Waals surface area contributed by atoms with Crippen LogP contribution in [-0.4, -0.2) is 50.3 Å². The second-order valence-corrected chi connectivity index (χ2v) is 10.2. The van der Waals surface area contributed by atoms with Crippen LogP contribution in [0.3, 0.4) is 0 Å². The average molecular weight is 515 g/mol. The maximum Gasteiger partial charge on any atom is 0.253 e. The molecule has 2 aromatic heterocycles. The number of nitrogens with zero attached hydrogens (tertiary/aromatic N) is 5. The van der Waals surface area contributed by atoms with Crippen molar-refractivity contribution in [2.24, 2.45) is 0 Å². The Morgan fingerprint density at radius 1 is 1.08 bits per heavy atom. The quantitative estimate of drug-likeness (QED) is 0.388. The van der Waals surface area contributed by atoms with E-state index in [4.69, 9.17) is 4.74 Å². The zero-order valence-electron chi connectivity index (χ0n) is 21.4. The Bertz CT molecular complexity index is 1520. The summed E-state index contributed by atoms with van der Waals surface area (Å²) in [6.45, 7) is 1.33. The van der Waals surface area contributed by atoms with Crippen molar-refractivity contribution in [3.05, 3.63) is 87.7 Å². The Labute approximate surface area is 220 Å². The fraction of sp³-hybridized carbons (Fsp3) is 0.379. The predicted octanol–water partition coefficient (Wildman–Crippen LogP) is 5.05. The van der Waals surface area contributed by atoms with Gasteiger partial charge < -0.3 is 9.72 Å². The SMILES string of the molecule is COc1ccc2cc([C@H](c3nnnn3C3CCCCC3)N3CC=C(c4ccc(F)cc4)CC3)c(=O)[nH]c2c1. The average Bonchev–Trinajstić information content (AvgIpc) is 3.44. The lowest BCUT2D eigenvalue weighted by atomic mass is 9.94. The Kier molecular flexibility index (Phi) is 6.76. The van der Waals surface area contributed by atoms with Crippen molar-refractivity contribution in [1.82, 2.24) is 30.1 Å². The van der Waals surface area contributed by atoms with Crippen LogP contribution >= 0.6 is 0 Å². The van der Waals surface area contributed by atoms with E-state index in [1.54, 1.807) is 7.11 Å². The van der Waals surface area contributed by atoms with Crippen molar-refractivity contribution >= 4 is 16.5 Å². The first-order valence-corrected chi connectivity index (χ1v) is 13.3. The molecule has 9 heteroatoms. The van der Waals surface area contributed by atoms with Crippen LogP contribution in [0.2, 0.25) is 0 Å². The molecule has 1 atom stereocenters. The molecule has 0 spiro atoms. The molecular formula is C29H31FN6O2. The van der Waals surface area contributed by atoms with Crippen molar-refractivity contribution in [1.29, 1.82) is 0 Å². The first kappa shape index (κ1) is 24.5. The lowest BCUT2D eigenvalue weighted by Crippen LogP contribution is -2.38. The topological polar surface area (TPSA) is 88.9 Å².